The molecule has 1 heterocycles. The molecule has 2 fully saturated rings. The number of carbonyl (C=O) groups excluding carboxylic acids is 1. The Labute approximate surface area is 125 Å². The van der Waals surface area contributed by atoms with Crippen LogP contribution in [0.4, 0.5) is 0 Å². The fourth-order valence-corrected chi connectivity index (χ4v) is 4.31. The first-order valence-electron chi connectivity index (χ1n) is 8.12. The number of aromatic nitrogens is 2. The van der Waals surface area contributed by atoms with Crippen LogP contribution in [0.1, 0.15) is 55.8 Å². The van der Waals surface area contributed by atoms with E-state index in [1.807, 2.05) is 0 Å². The summed E-state index contributed by atoms with van der Waals surface area (Å²) in [7, 11) is 1.63. The molecular formula is C16H25N3O2. The van der Waals surface area contributed by atoms with Gasteiger partial charge in [-0.25, -0.2) is 4.68 Å². The van der Waals surface area contributed by atoms with E-state index < -0.39 is 0 Å². The zero-order valence-corrected chi connectivity index (χ0v) is 12.9. The van der Waals surface area contributed by atoms with E-state index >= 15 is 0 Å². The average Bonchev–Trinajstić information content (AvgIpc) is 2.82. The van der Waals surface area contributed by atoms with Gasteiger partial charge in [0.05, 0.1) is 6.20 Å². The SMILES string of the molecule is CCC1CC2CCCC(C2)C1NC(=O)c1cnn(C)c1O. The summed E-state index contributed by atoms with van der Waals surface area (Å²) in [4.78, 5) is 12.4. The third-order valence-corrected chi connectivity index (χ3v) is 5.45. The van der Waals surface area contributed by atoms with Crippen molar-refractivity contribution in [2.24, 2.45) is 24.8 Å². The number of amides is 1. The summed E-state index contributed by atoms with van der Waals surface area (Å²) in [6, 6.07) is 0.249. The Balaban J connectivity index is 1.75. The summed E-state index contributed by atoms with van der Waals surface area (Å²) in [6.07, 6.45) is 8.90. The smallest absolute Gasteiger partial charge is 0.258 e. The lowest BCUT2D eigenvalue weighted by Crippen LogP contribution is -2.50. The molecule has 5 nitrogen and oxygen atoms in total. The number of hydrogen-bond donors (Lipinski definition) is 2. The van der Waals surface area contributed by atoms with Gasteiger partial charge in [-0.05, 0) is 37.0 Å². The maximum Gasteiger partial charge on any atom is 0.258 e. The summed E-state index contributed by atoms with van der Waals surface area (Å²) in [5.41, 5.74) is 0.283. The van der Waals surface area contributed by atoms with E-state index in [1.165, 1.54) is 43.0 Å². The number of nitrogens with zero attached hydrogens (tertiary/aromatic N) is 2. The Morgan fingerprint density at radius 2 is 2.29 bits per heavy atom. The molecule has 4 unspecified atom stereocenters. The van der Waals surface area contributed by atoms with Crippen LogP contribution >= 0.6 is 0 Å². The normalized spacial score (nSPS) is 31.9. The van der Waals surface area contributed by atoms with E-state index in [9.17, 15) is 9.90 Å². The predicted molar refractivity (Wildman–Crippen MR) is 80.0 cm³/mol. The molecule has 4 atom stereocenters. The summed E-state index contributed by atoms with van der Waals surface area (Å²) in [5.74, 6) is 1.78. The minimum atomic E-state index is -0.187. The number of fused-ring (bicyclic) bond motifs is 2. The maximum atomic E-state index is 12.4. The van der Waals surface area contributed by atoms with Crippen molar-refractivity contribution >= 4 is 5.91 Å². The molecule has 2 aliphatic rings. The van der Waals surface area contributed by atoms with E-state index in [2.05, 4.69) is 17.3 Å². The van der Waals surface area contributed by atoms with E-state index in [0.29, 0.717) is 11.8 Å². The van der Waals surface area contributed by atoms with Gasteiger partial charge in [-0.2, -0.15) is 5.10 Å². The molecule has 0 aliphatic heterocycles. The molecule has 0 radical (unpaired) electrons. The lowest BCUT2D eigenvalue weighted by Gasteiger charge is -2.45. The molecule has 0 spiro atoms. The first-order chi connectivity index (χ1) is 10.1. The Morgan fingerprint density at radius 3 is 2.95 bits per heavy atom. The monoisotopic (exact) mass is 291 g/mol. The van der Waals surface area contributed by atoms with Crippen molar-refractivity contribution in [1.82, 2.24) is 15.1 Å². The Kier molecular flexibility index (Phi) is 3.91. The van der Waals surface area contributed by atoms with Crippen molar-refractivity contribution in [2.75, 3.05) is 0 Å². The highest BCUT2D eigenvalue weighted by molar-refractivity contribution is 5.96. The molecule has 1 aromatic heterocycles. The van der Waals surface area contributed by atoms with Gasteiger partial charge in [0.15, 0.2) is 0 Å². The molecule has 2 N–H and O–H groups in total. The van der Waals surface area contributed by atoms with Gasteiger partial charge in [0.25, 0.3) is 5.91 Å². The van der Waals surface area contributed by atoms with Crippen LogP contribution in [-0.2, 0) is 7.05 Å². The van der Waals surface area contributed by atoms with Crippen LogP contribution in [-0.4, -0.2) is 26.8 Å². The van der Waals surface area contributed by atoms with Crippen LogP contribution < -0.4 is 5.32 Å². The molecular weight excluding hydrogens is 266 g/mol. The first-order valence-corrected chi connectivity index (χ1v) is 8.12. The van der Waals surface area contributed by atoms with Crippen molar-refractivity contribution in [3.8, 4) is 5.88 Å². The van der Waals surface area contributed by atoms with E-state index in [0.717, 1.165) is 12.3 Å². The Hall–Kier alpha value is -1.52. The van der Waals surface area contributed by atoms with Gasteiger partial charge in [0, 0.05) is 13.1 Å². The van der Waals surface area contributed by atoms with Crippen LogP contribution in [0.25, 0.3) is 0 Å². The number of nitrogens with one attached hydrogen (secondary N) is 1. The van der Waals surface area contributed by atoms with Gasteiger partial charge < -0.3 is 10.4 Å². The lowest BCUT2D eigenvalue weighted by molar-refractivity contribution is 0.0678. The highest BCUT2D eigenvalue weighted by atomic mass is 16.3. The molecule has 116 valence electrons. The number of carbonyl (C=O) groups is 1. The van der Waals surface area contributed by atoms with E-state index in [4.69, 9.17) is 0 Å². The van der Waals surface area contributed by atoms with Crippen LogP contribution in [0, 0.1) is 17.8 Å². The zero-order valence-electron chi connectivity index (χ0n) is 12.9. The molecule has 2 bridgehead atoms. The predicted octanol–water partition coefficient (Wildman–Crippen LogP) is 2.46. The lowest BCUT2D eigenvalue weighted by atomic mass is 9.64. The van der Waals surface area contributed by atoms with E-state index in [1.54, 1.807) is 7.05 Å². The van der Waals surface area contributed by atoms with Gasteiger partial charge in [0.2, 0.25) is 5.88 Å². The number of hydrogen-bond acceptors (Lipinski definition) is 3. The second-order valence-corrected chi connectivity index (χ2v) is 6.70. The van der Waals surface area contributed by atoms with Crippen LogP contribution in [0.5, 0.6) is 5.88 Å². The standard InChI is InChI=1S/C16H25N3O2/c1-3-11-7-10-5-4-6-12(8-10)14(11)18-15(20)13-9-17-19(2)16(13)21/h9-12,14,21H,3-8H2,1-2H3,(H,18,20). The zero-order chi connectivity index (χ0) is 15.0. The summed E-state index contributed by atoms with van der Waals surface area (Å²) >= 11 is 0. The molecule has 2 saturated carbocycles. The van der Waals surface area contributed by atoms with Crippen molar-refractivity contribution in [2.45, 2.75) is 51.5 Å². The molecule has 1 amide bonds. The summed E-state index contributed by atoms with van der Waals surface area (Å²) in [5, 5.41) is 17.0. The third kappa shape index (κ3) is 2.65. The fraction of sp³-hybridized carbons (Fsp3) is 0.750. The first kappa shape index (κ1) is 14.4. The molecule has 2 aliphatic carbocycles. The highest BCUT2D eigenvalue weighted by Gasteiger charge is 2.40. The molecule has 0 saturated heterocycles. The second-order valence-electron chi connectivity index (χ2n) is 6.70. The average molecular weight is 291 g/mol. The number of rotatable bonds is 3. The fourth-order valence-electron chi connectivity index (χ4n) is 4.31. The van der Waals surface area contributed by atoms with Crippen molar-refractivity contribution in [3.05, 3.63) is 11.8 Å². The largest absolute Gasteiger partial charge is 0.493 e. The van der Waals surface area contributed by atoms with Crippen molar-refractivity contribution in [3.63, 3.8) is 0 Å². The number of aromatic hydroxyl groups is 1. The third-order valence-electron chi connectivity index (χ3n) is 5.45. The van der Waals surface area contributed by atoms with Crippen molar-refractivity contribution in [1.29, 1.82) is 0 Å². The van der Waals surface area contributed by atoms with Gasteiger partial charge in [-0.15, -0.1) is 0 Å². The molecule has 21 heavy (non-hydrogen) atoms. The van der Waals surface area contributed by atoms with Crippen molar-refractivity contribution < 1.29 is 9.90 Å². The van der Waals surface area contributed by atoms with Gasteiger partial charge in [0.1, 0.15) is 5.56 Å². The minimum absolute atomic E-state index is 0.0575. The maximum absolute atomic E-state index is 12.4. The second kappa shape index (κ2) is 5.70. The molecule has 1 aromatic rings. The molecule has 3 rings (SSSR count). The van der Waals surface area contributed by atoms with Crippen LogP contribution in [0.2, 0.25) is 0 Å². The minimum Gasteiger partial charge on any atom is -0.493 e. The molecule has 0 aromatic carbocycles. The van der Waals surface area contributed by atoms with E-state index in [-0.39, 0.29) is 23.4 Å². The summed E-state index contributed by atoms with van der Waals surface area (Å²) < 4.78 is 1.32. The topological polar surface area (TPSA) is 67.2 Å². The van der Waals surface area contributed by atoms with Gasteiger partial charge >= 0.3 is 0 Å². The van der Waals surface area contributed by atoms with Crippen LogP contribution in [0.15, 0.2) is 6.20 Å². The molecule has 5 heteroatoms. The highest BCUT2D eigenvalue weighted by Crippen LogP contribution is 2.43. The quantitative estimate of drug-likeness (QED) is 0.899. The van der Waals surface area contributed by atoms with Gasteiger partial charge in [-0.1, -0.05) is 26.2 Å². The Bertz CT molecular complexity index is 524. The van der Waals surface area contributed by atoms with Gasteiger partial charge in [-0.3, -0.25) is 4.79 Å². The summed E-state index contributed by atoms with van der Waals surface area (Å²) in [6.45, 7) is 2.21. The number of aryl methyl sites for hydroxylation is 1. The van der Waals surface area contributed by atoms with Crippen LogP contribution in [0.3, 0.4) is 0 Å². The Morgan fingerprint density at radius 1 is 1.48 bits per heavy atom.